The van der Waals surface area contributed by atoms with E-state index in [1.165, 1.54) is 0 Å². The van der Waals surface area contributed by atoms with Gasteiger partial charge in [-0.3, -0.25) is 0 Å². The second kappa shape index (κ2) is 5.71. The lowest BCUT2D eigenvalue weighted by molar-refractivity contribution is -0.168. The first-order valence-electron chi connectivity index (χ1n) is 4.61. The maximum atomic E-state index is 12.4. The summed E-state index contributed by atoms with van der Waals surface area (Å²) in [7, 11) is 0. The Balaban J connectivity index is 2.47. The SMILES string of the molecule is O=C(O)c1cnc(COCC(F)(F)C(F)F)nc1. The summed E-state index contributed by atoms with van der Waals surface area (Å²) < 4.78 is 52.7. The van der Waals surface area contributed by atoms with Gasteiger partial charge in [0.2, 0.25) is 0 Å². The van der Waals surface area contributed by atoms with Crippen molar-refractivity contribution < 1.29 is 32.2 Å². The van der Waals surface area contributed by atoms with Crippen molar-refractivity contribution in [1.29, 1.82) is 0 Å². The zero-order chi connectivity index (χ0) is 13.8. The Hall–Kier alpha value is -1.77. The first-order valence-corrected chi connectivity index (χ1v) is 4.61. The molecule has 0 aromatic carbocycles. The Morgan fingerprint density at radius 1 is 1.39 bits per heavy atom. The molecular formula is C9H8F4N2O3. The standard InChI is InChI=1S/C9H8F4N2O3/c10-8(11)9(12,13)4-18-3-6-14-1-5(2-15-6)7(16)17/h1-2,8H,3-4H2,(H,16,17). The summed E-state index contributed by atoms with van der Waals surface area (Å²) in [6.07, 6.45) is -1.90. The van der Waals surface area contributed by atoms with Crippen LogP contribution in [-0.2, 0) is 11.3 Å². The lowest BCUT2D eigenvalue weighted by atomic mass is 10.3. The van der Waals surface area contributed by atoms with Crippen LogP contribution in [0.15, 0.2) is 12.4 Å². The second-order valence-corrected chi connectivity index (χ2v) is 3.25. The van der Waals surface area contributed by atoms with E-state index >= 15 is 0 Å². The number of ether oxygens (including phenoxy) is 1. The molecule has 100 valence electrons. The number of carbonyl (C=O) groups is 1. The van der Waals surface area contributed by atoms with E-state index in [0.29, 0.717) is 0 Å². The highest BCUT2D eigenvalue weighted by molar-refractivity contribution is 5.86. The minimum absolute atomic E-state index is 0.0786. The van der Waals surface area contributed by atoms with Gasteiger partial charge in [-0.25, -0.2) is 23.5 Å². The second-order valence-electron chi connectivity index (χ2n) is 3.25. The zero-order valence-electron chi connectivity index (χ0n) is 8.82. The van der Waals surface area contributed by atoms with Gasteiger partial charge >= 0.3 is 18.3 Å². The molecule has 0 aliphatic heterocycles. The maximum Gasteiger partial charge on any atom is 0.338 e. The molecule has 0 saturated carbocycles. The van der Waals surface area contributed by atoms with Crippen LogP contribution in [0.5, 0.6) is 0 Å². The summed E-state index contributed by atoms with van der Waals surface area (Å²) >= 11 is 0. The fourth-order valence-electron chi connectivity index (χ4n) is 0.881. The molecule has 0 radical (unpaired) electrons. The lowest BCUT2D eigenvalue weighted by Gasteiger charge is -2.14. The number of carboxylic acid groups (broad SMARTS) is 1. The van der Waals surface area contributed by atoms with Gasteiger partial charge in [-0.05, 0) is 0 Å². The van der Waals surface area contributed by atoms with Crippen molar-refractivity contribution >= 4 is 5.97 Å². The minimum Gasteiger partial charge on any atom is -0.478 e. The van der Waals surface area contributed by atoms with Crippen molar-refractivity contribution in [2.45, 2.75) is 19.0 Å². The van der Waals surface area contributed by atoms with Crippen molar-refractivity contribution in [3.8, 4) is 0 Å². The number of aromatic carboxylic acids is 1. The van der Waals surface area contributed by atoms with Crippen LogP contribution >= 0.6 is 0 Å². The van der Waals surface area contributed by atoms with Gasteiger partial charge in [0.15, 0.2) is 5.82 Å². The highest BCUT2D eigenvalue weighted by Crippen LogP contribution is 2.23. The topological polar surface area (TPSA) is 72.3 Å². The van der Waals surface area contributed by atoms with Crippen LogP contribution in [0, 0.1) is 0 Å². The molecule has 0 spiro atoms. The highest BCUT2D eigenvalue weighted by atomic mass is 19.3. The summed E-state index contributed by atoms with van der Waals surface area (Å²) in [5.41, 5.74) is -0.184. The lowest BCUT2D eigenvalue weighted by Crippen LogP contribution is -2.32. The molecule has 1 rings (SSSR count). The number of carboxylic acids is 1. The third-order valence-electron chi connectivity index (χ3n) is 1.80. The van der Waals surface area contributed by atoms with Gasteiger partial charge in [0.05, 0.1) is 5.56 Å². The van der Waals surface area contributed by atoms with E-state index in [4.69, 9.17) is 5.11 Å². The van der Waals surface area contributed by atoms with E-state index in [9.17, 15) is 22.4 Å². The predicted octanol–water partition coefficient (Wildman–Crippen LogP) is 1.59. The maximum absolute atomic E-state index is 12.4. The third kappa shape index (κ3) is 3.91. The number of hydrogen-bond donors (Lipinski definition) is 1. The molecule has 0 atom stereocenters. The average molecular weight is 268 g/mol. The van der Waals surface area contributed by atoms with Crippen molar-refractivity contribution in [2.75, 3.05) is 6.61 Å². The Morgan fingerprint density at radius 2 is 1.94 bits per heavy atom. The Labute approximate surface area is 98.4 Å². The summed E-state index contributed by atoms with van der Waals surface area (Å²) in [4.78, 5) is 17.5. The predicted molar refractivity (Wildman–Crippen MR) is 49.6 cm³/mol. The molecule has 1 aromatic heterocycles. The molecule has 18 heavy (non-hydrogen) atoms. The van der Waals surface area contributed by atoms with Crippen LogP contribution in [0.25, 0.3) is 0 Å². The van der Waals surface area contributed by atoms with Crippen molar-refractivity contribution in [3.05, 3.63) is 23.8 Å². The quantitative estimate of drug-likeness (QED) is 0.793. The molecule has 0 aliphatic rings. The summed E-state index contributed by atoms with van der Waals surface area (Å²) in [5, 5.41) is 8.53. The number of rotatable bonds is 6. The molecule has 0 amide bonds. The van der Waals surface area contributed by atoms with E-state index in [1.807, 2.05) is 0 Å². The minimum atomic E-state index is -4.24. The smallest absolute Gasteiger partial charge is 0.338 e. The molecular weight excluding hydrogens is 260 g/mol. The number of aromatic nitrogens is 2. The summed E-state index contributed by atoms with van der Waals surface area (Å²) in [6, 6.07) is 0. The average Bonchev–Trinajstić information content (AvgIpc) is 2.29. The highest BCUT2D eigenvalue weighted by Gasteiger charge is 2.40. The van der Waals surface area contributed by atoms with Crippen LogP contribution in [0.3, 0.4) is 0 Å². The monoisotopic (exact) mass is 268 g/mol. The zero-order valence-corrected chi connectivity index (χ0v) is 8.82. The van der Waals surface area contributed by atoms with Gasteiger partial charge in [0, 0.05) is 12.4 Å². The van der Waals surface area contributed by atoms with Gasteiger partial charge in [-0.15, -0.1) is 0 Å². The molecule has 9 heteroatoms. The van der Waals surface area contributed by atoms with Crippen molar-refractivity contribution in [1.82, 2.24) is 9.97 Å². The molecule has 0 saturated heterocycles. The first-order chi connectivity index (χ1) is 8.33. The van der Waals surface area contributed by atoms with E-state index in [0.717, 1.165) is 12.4 Å². The molecule has 1 aromatic rings. The van der Waals surface area contributed by atoms with Gasteiger partial charge in [0.25, 0.3) is 0 Å². The fourth-order valence-corrected chi connectivity index (χ4v) is 0.881. The Bertz CT molecular complexity index is 411. The van der Waals surface area contributed by atoms with Gasteiger partial charge in [-0.2, -0.15) is 8.78 Å². The van der Waals surface area contributed by atoms with Crippen LogP contribution in [0.1, 0.15) is 16.2 Å². The first kappa shape index (κ1) is 14.3. The number of nitrogens with zero attached hydrogens (tertiary/aromatic N) is 2. The van der Waals surface area contributed by atoms with Crippen LogP contribution < -0.4 is 0 Å². The molecule has 0 unspecified atom stereocenters. The Kier molecular flexibility index (Phi) is 4.54. The van der Waals surface area contributed by atoms with Gasteiger partial charge in [-0.1, -0.05) is 0 Å². The van der Waals surface area contributed by atoms with Crippen LogP contribution in [0.2, 0.25) is 0 Å². The van der Waals surface area contributed by atoms with E-state index < -0.39 is 31.5 Å². The van der Waals surface area contributed by atoms with E-state index in [1.54, 1.807) is 0 Å². The Morgan fingerprint density at radius 3 is 2.39 bits per heavy atom. The largest absolute Gasteiger partial charge is 0.478 e. The van der Waals surface area contributed by atoms with Crippen molar-refractivity contribution in [3.63, 3.8) is 0 Å². The molecule has 1 heterocycles. The molecule has 0 aliphatic carbocycles. The van der Waals surface area contributed by atoms with E-state index in [-0.39, 0.29) is 11.4 Å². The fraction of sp³-hybridized carbons (Fsp3) is 0.444. The molecule has 0 fully saturated rings. The summed E-state index contributed by atoms with van der Waals surface area (Å²) in [6.45, 7) is -1.98. The molecule has 5 nitrogen and oxygen atoms in total. The van der Waals surface area contributed by atoms with Gasteiger partial charge < -0.3 is 9.84 Å². The van der Waals surface area contributed by atoms with E-state index in [2.05, 4.69) is 14.7 Å². The number of alkyl halides is 4. The van der Waals surface area contributed by atoms with Gasteiger partial charge in [0.1, 0.15) is 13.2 Å². The normalized spacial score (nSPS) is 11.8. The number of halogens is 4. The number of hydrogen-bond acceptors (Lipinski definition) is 4. The summed E-state index contributed by atoms with van der Waals surface area (Å²) in [5.74, 6) is -5.56. The van der Waals surface area contributed by atoms with Crippen molar-refractivity contribution in [2.24, 2.45) is 0 Å². The van der Waals surface area contributed by atoms with Crippen LogP contribution in [-0.4, -0.2) is 40.0 Å². The third-order valence-corrected chi connectivity index (χ3v) is 1.80. The van der Waals surface area contributed by atoms with Crippen LogP contribution in [0.4, 0.5) is 17.6 Å². The molecule has 1 N–H and O–H groups in total. The molecule has 0 bridgehead atoms.